The van der Waals surface area contributed by atoms with Gasteiger partial charge in [0.2, 0.25) is 0 Å². The lowest BCUT2D eigenvalue weighted by Gasteiger charge is -2.04. The van der Waals surface area contributed by atoms with Gasteiger partial charge in [-0.1, -0.05) is 41.7 Å². The van der Waals surface area contributed by atoms with Gasteiger partial charge in [-0.15, -0.1) is 11.3 Å². The van der Waals surface area contributed by atoms with Gasteiger partial charge in [-0.05, 0) is 12.5 Å². The first-order valence-electron chi connectivity index (χ1n) is 4.58. The van der Waals surface area contributed by atoms with E-state index in [1.54, 1.807) is 6.07 Å². The lowest BCUT2D eigenvalue weighted by atomic mass is 10.2. The predicted molar refractivity (Wildman–Crippen MR) is 69.8 cm³/mol. The monoisotopic (exact) mass is 292 g/mol. The van der Waals surface area contributed by atoms with Gasteiger partial charge in [0.05, 0.1) is 9.90 Å². The van der Waals surface area contributed by atoms with Gasteiger partial charge in [0.1, 0.15) is 10.3 Å². The molecule has 2 aromatic heterocycles. The Morgan fingerprint density at radius 2 is 1.81 bits per heavy atom. The summed E-state index contributed by atoms with van der Waals surface area (Å²) in [6.45, 7) is 1.96. The maximum Gasteiger partial charge on any atom is 0.172 e. The Labute approximate surface area is 112 Å². The van der Waals surface area contributed by atoms with E-state index >= 15 is 0 Å². The van der Waals surface area contributed by atoms with Crippen LogP contribution in [0, 0.1) is 0 Å². The molecule has 0 aliphatic carbocycles. The van der Waals surface area contributed by atoms with Crippen LogP contribution in [-0.2, 0) is 6.42 Å². The molecule has 0 unspecified atom stereocenters. The van der Waals surface area contributed by atoms with Crippen LogP contribution in [0.4, 0.5) is 0 Å². The summed E-state index contributed by atoms with van der Waals surface area (Å²) in [6.07, 6.45) is 0.711. The number of halogens is 3. The van der Waals surface area contributed by atoms with Crippen LogP contribution < -0.4 is 0 Å². The lowest BCUT2D eigenvalue weighted by Crippen LogP contribution is -1.95. The Morgan fingerprint density at radius 1 is 1.19 bits per heavy atom. The van der Waals surface area contributed by atoms with Crippen molar-refractivity contribution in [1.82, 2.24) is 9.97 Å². The third-order valence-corrected chi connectivity index (χ3v) is 3.95. The highest BCUT2D eigenvalue weighted by atomic mass is 35.5. The number of hydrogen-bond acceptors (Lipinski definition) is 3. The summed E-state index contributed by atoms with van der Waals surface area (Å²) < 4.78 is 0. The molecule has 0 N–H and O–H groups in total. The second-order valence-electron chi connectivity index (χ2n) is 3.09. The van der Waals surface area contributed by atoms with Gasteiger partial charge in [-0.3, -0.25) is 0 Å². The van der Waals surface area contributed by atoms with E-state index in [1.165, 1.54) is 11.3 Å². The molecule has 84 valence electrons. The summed E-state index contributed by atoms with van der Waals surface area (Å²) in [4.78, 5) is 9.28. The Morgan fingerprint density at radius 3 is 2.25 bits per heavy atom. The fraction of sp³-hybridized carbons (Fsp3) is 0.200. The van der Waals surface area contributed by atoms with Gasteiger partial charge < -0.3 is 0 Å². The average Bonchev–Trinajstić information content (AvgIpc) is 2.64. The summed E-state index contributed by atoms with van der Waals surface area (Å²) in [5.41, 5.74) is 0.773. The summed E-state index contributed by atoms with van der Waals surface area (Å²) in [5, 5.41) is 3.29. The smallest absolute Gasteiger partial charge is 0.172 e. The average molecular weight is 294 g/mol. The Balaban J connectivity index is 2.52. The van der Waals surface area contributed by atoms with E-state index in [1.807, 2.05) is 12.3 Å². The maximum absolute atomic E-state index is 6.03. The number of hydrogen-bond donors (Lipinski definition) is 0. The van der Waals surface area contributed by atoms with Crippen LogP contribution in [0.3, 0.4) is 0 Å². The highest BCUT2D eigenvalue weighted by molar-refractivity contribution is 7.14. The van der Waals surface area contributed by atoms with E-state index < -0.39 is 0 Å². The van der Waals surface area contributed by atoms with Gasteiger partial charge >= 0.3 is 0 Å². The number of aromatic nitrogens is 2. The second kappa shape index (κ2) is 4.88. The zero-order valence-corrected chi connectivity index (χ0v) is 11.4. The normalized spacial score (nSPS) is 10.8. The van der Waals surface area contributed by atoms with Gasteiger partial charge in [0, 0.05) is 10.9 Å². The SMILES string of the molecule is CCc1c(Cl)nc(-c2cc(Cl)cs2)nc1Cl. The van der Waals surface area contributed by atoms with Crippen LogP contribution >= 0.6 is 46.1 Å². The van der Waals surface area contributed by atoms with Crippen molar-refractivity contribution in [2.45, 2.75) is 13.3 Å². The van der Waals surface area contributed by atoms with Crippen molar-refractivity contribution < 1.29 is 0 Å². The molecule has 2 nitrogen and oxygen atoms in total. The molecule has 0 saturated heterocycles. The molecule has 0 bridgehead atoms. The van der Waals surface area contributed by atoms with Gasteiger partial charge in [-0.25, -0.2) is 9.97 Å². The van der Waals surface area contributed by atoms with Crippen molar-refractivity contribution in [2.24, 2.45) is 0 Å². The molecule has 0 aromatic carbocycles. The minimum atomic E-state index is 0.405. The molecule has 0 aliphatic rings. The summed E-state index contributed by atoms with van der Waals surface area (Å²) in [5.74, 6) is 0.518. The third kappa shape index (κ3) is 2.33. The van der Waals surface area contributed by atoms with Gasteiger partial charge in [0.15, 0.2) is 5.82 Å². The van der Waals surface area contributed by atoms with Crippen molar-refractivity contribution in [3.63, 3.8) is 0 Å². The van der Waals surface area contributed by atoms with Crippen molar-refractivity contribution in [3.8, 4) is 10.7 Å². The first kappa shape index (κ1) is 12.1. The zero-order valence-electron chi connectivity index (χ0n) is 8.30. The van der Waals surface area contributed by atoms with Crippen molar-refractivity contribution in [3.05, 3.63) is 32.3 Å². The molecule has 0 fully saturated rings. The molecule has 0 amide bonds. The lowest BCUT2D eigenvalue weighted by molar-refractivity contribution is 1.05. The molecule has 0 atom stereocenters. The number of nitrogens with zero attached hydrogens (tertiary/aromatic N) is 2. The minimum Gasteiger partial charge on any atom is -0.215 e. The van der Waals surface area contributed by atoms with Crippen LogP contribution in [0.15, 0.2) is 11.4 Å². The van der Waals surface area contributed by atoms with E-state index in [9.17, 15) is 0 Å². The number of rotatable bonds is 2. The molecular weight excluding hydrogens is 287 g/mol. The van der Waals surface area contributed by atoms with E-state index in [4.69, 9.17) is 34.8 Å². The Kier molecular flexibility index (Phi) is 3.70. The topological polar surface area (TPSA) is 25.8 Å². The largest absolute Gasteiger partial charge is 0.215 e. The predicted octanol–water partition coefficient (Wildman–Crippen LogP) is 4.73. The van der Waals surface area contributed by atoms with Crippen molar-refractivity contribution >= 4 is 46.1 Å². The van der Waals surface area contributed by atoms with E-state index in [0.29, 0.717) is 27.6 Å². The fourth-order valence-corrected chi connectivity index (χ4v) is 2.92. The molecule has 0 aliphatic heterocycles. The summed E-state index contributed by atoms with van der Waals surface area (Å²) in [6, 6.07) is 1.79. The maximum atomic E-state index is 6.03. The Bertz CT molecular complexity index is 502. The summed E-state index contributed by atoms with van der Waals surface area (Å²) in [7, 11) is 0. The van der Waals surface area contributed by atoms with Crippen molar-refractivity contribution in [1.29, 1.82) is 0 Å². The van der Waals surface area contributed by atoms with Crippen molar-refractivity contribution in [2.75, 3.05) is 0 Å². The highest BCUT2D eigenvalue weighted by Gasteiger charge is 2.12. The van der Waals surface area contributed by atoms with E-state index in [0.717, 1.165) is 10.4 Å². The Hall–Kier alpha value is -0.350. The quantitative estimate of drug-likeness (QED) is 0.748. The first-order chi connectivity index (χ1) is 7.61. The van der Waals surface area contributed by atoms with Crippen LogP contribution in [0.1, 0.15) is 12.5 Å². The molecule has 0 saturated carbocycles. The standard InChI is InChI=1S/C10H7Cl3N2S/c1-2-6-8(12)14-10(15-9(6)13)7-3-5(11)4-16-7/h3-4H,2H2,1H3. The molecular formula is C10H7Cl3N2S. The van der Waals surface area contributed by atoms with Crippen LogP contribution in [-0.4, -0.2) is 9.97 Å². The number of thiophene rings is 1. The second-order valence-corrected chi connectivity index (χ2v) is 5.15. The van der Waals surface area contributed by atoms with Gasteiger partial charge in [0.25, 0.3) is 0 Å². The first-order valence-corrected chi connectivity index (χ1v) is 6.59. The molecule has 16 heavy (non-hydrogen) atoms. The molecule has 2 rings (SSSR count). The molecule has 6 heteroatoms. The van der Waals surface area contributed by atoms with Crippen LogP contribution in [0.2, 0.25) is 15.3 Å². The van der Waals surface area contributed by atoms with Crippen LogP contribution in [0.5, 0.6) is 0 Å². The van der Waals surface area contributed by atoms with Gasteiger partial charge in [-0.2, -0.15) is 0 Å². The van der Waals surface area contributed by atoms with Crippen LogP contribution in [0.25, 0.3) is 10.7 Å². The third-order valence-electron chi connectivity index (χ3n) is 2.05. The molecule has 2 heterocycles. The summed E-state index contributed by atoms with van der Waals surface area (Å²) >= 11 is 19.4. The van der Waals surface area contributed by atoms with E-state index in [2.05, 4.69) is 9.97 Å². The fourth-order valence-electron chi connectivity index (χ4n) is 1.26. The highest BCUT2D eigenvalue weighted by Crippen LogP contribution is 2.30. The zero-order chi connectivity index (χ0) is 11.7. The molecule has 0 spiro atoms. The molecule has 2 aromatic rings. The minimum absolute atomic E-state index is 0.405. The van der Waals surface area contributed by atoms with E-state index in [-0.39, 0.29) is 0 Å². The molecule has 0 radical (unpaired) electrons.